The van der Waals surface area contributed by atoms with Gasteiger partial charge in [-0.15, -0.1) is 0 Å². The minimum Gasteiger partial charge on any atom is -0.376 e. The van der Waals surface area contributed by atoms with Crippen LogP contribution >= 0.6 is 0 Å². The quantitative estimate of drug-likeness (QED) is 0.592. The van der Waals surface area contributed by atoms with Crippen LogP contribution in [0.5, 0.6) is 0 Å². The fourth-order valence-corrected chi connectivity index (χ4v) is 4.95. The molecule has 4 rings (SSSR count). The number of rotatable bonds is 6. The highest BCUT2D eigenvalue weighted by molar-refractivity contribution is 6.34. The van der Waals surface area contributed by atoms with Crippen LogP contribution in [0.25, 0.3) is 0 Å². The third kappa shape index (κ3) is 6.06. The number of hydrogen-bond acceptors (Lipinski definition) is 7. The van der Waals surface area contributed by atoms with Gasteiger partial charge in [0, 0.05) is 39.6 Å². The lowest BCUT2D eigenvalue weighted by Crippen LogP contribution is -2.61. The zero-order chi connectivity index (χ0) is 24.9. The number of hydrogen-bond donors (Lipinski definition) is 1. The number of halogens is 1. The van der Waals surface area contributed by atoms with Crippen LogP contribution in [-0.2, 0) is 19.1 Å². The SMILES string of the molecule is CN(C)C(=O)C(=O)N[C@H]1CCCN(C(=O)C2CCC2)[C@H]1COC1CCN(c2ncc(F)cn2)CC1. The number of piperidine rings is 2. The van der Waals surface area contributed by atoms with Gasteiger partial charge in [0.15, 0.2) is 5.82 Å². The molecule has 0 spiro atoms. The molecule has 0 aromatic carbocycles. The monoisotopic (exact) mass is 490 g/mol. The lowest BCUT2D eigenvalue weighted by Gasteiger charge is -2.44. The molecule has 192 valence electrons. The summed E-state index contributed by atoms with van der Waals surface area (Å²) in [4.78, 5) is 51.0. The molecule has 0 radical (unpaired) electrons. The molecule has 3 fully saturated rings. The average molecular weight is 491 g/mol. The first-order chi connectivity index (χ1) is 16.8. The molecular weight excluding hydrogens is 455 g/mol. The molecule has 1 saturated carbocycles. The number of anilines is 1. The van der Waals surface area contributed by atoms with Gasteiger partial charge in [0.2, 0.25) is 11.9 Å². The summed E-state index contributed by atoms with van der Waals surface area (Å²) < 4.78 is 19.4. The summed E-state index contributed by atoms with van der Waals surface area (Å²) in [5.74, 6) is -1.05. The summed E-state index contributed by atoms with van der Waals surface area (Å²) in [6, 6.07) is -0.647. The molecule has 1 aromatic rings. The van der Waals surface area contributed by atoms with Crippen LogP contribution in [0, 0.1) is 11.7 Å². The summed E-state index contributed by atoms with van der Waals surface area (Å²) in [6.45, 7) is 2.31. The molecule has 1 aromatic heterocycles. The van der Waals surface area contributed by atoms with Gasteiger partial charge in [-0.05, 0) is 38.5 Å². The van der Waals surface area contributed by atoms with E-state index in [1.807, 2.05) is 9.80 Å². The van der Waals surface area contributed by atoms with Gasteiger partial charge < -0.3 is 24.8 Å². The van der Waals surface area contributed by atoms with Crippen molar-refractivity contribution in [2.45, 2.75) is 63.1 Å². The Morgan fingerprint density at radius 1 is 1.06 bits per heavy atom. The second-order valence-electron chi connectivity index (χ2n) is 9.87. The third-order valence-corrected chi connectivity index (χ3v) is 7.27. The summed E-state index contributed by atoms with van der Waals surface area (Å²) in [6.07, 6.45) is 8.16. The fourth-order valence-electron chi connectivity index (χ4n) is 4.95. The van der Waals surface area contributed by atoms with Gasteiger partial charge in [-0.1, -0.05) is 6.42 Å². The highest BCUT2D eigenvalue weighted by Gasteiger charge is 2.40. The van der Waals surface area contributed by atoms with Crippen molar-refractivity contribution in [3.8, 4) is 0 Å². The first kappa shape index (κ1) is 25.3. The van der Waals surface area contributed by atoms with Crippen molar-refractivity contribution < 1.29 is 23.5 Å². The van der Waals surface area contributed by atoms with E-state index in [0.29, 0.717) is 38.6 Å². The van der Waals surface area contributed by atoms with Crippen molar-refractivity contribution in [2.24, 2.45) is 5.92 Å². The van der Waals surface area contributed by atoms with E-state index < -0.39 is 17.6 Å². The van der Waals surface area contributed by atoms with Crippen LogP contribution in [0.3, 0.4) is 0 Å². The number of ether oxygens (including phenoxy) is 1. The second-order valence-corrected chi connectivity index (χ2v) is 9.87. The maximum absolute atomic E-state index is 13.2. The van der Waals surface area contributed by atoms with Crippen molar-refractivity contribution in [1.82, 2.24) is 25.1 Å². The summed E-state index contributed by atoms with van der Waals surface area (Å²) >= 11 is 0. The number of carbonyl (C=O) groups is 3. The zero-order valence-electron chi connectivity index (χ0n) is 20.5. The molecule has 3 heterocycles. The van der Waals surface area contributed by atoms with Crippen LogP contribution in [0.1, 0.15) is 44.9 Å². The molecule has 1 aliphatic carbocycles. The van der Waals surface area contributed by atoms with Gasteiger partial charge in [-0.2, -0.15) is 0 Å². The van der Waals surface area contributed by atoms with Crippen molar-refractivity contribution in [2.75, 3.05) is 45.2 Å². The molecule has 3 amide bonds. The third-order valence-electron chi connectivity index (χ3n) is 7.27. The van der Waals surface area contributed by atoms with E-state index >= 15 is 0 Å². The predicted molar refractivity (Wildman–Crippen MR) is 126 cm³/mol. The van der Waals surface area contributed by atoms with E-state index in [0.717, 1.165) is 50.9 Å². The van der Waals surface area contributed by atoms with Gasteiger partial charge in [-0.3, -0.25) is 14.4 Å². The number of aromatic nitrogens is 2. The Labute approximate surface area is 205 Å². The van der Waals surface area contributed by atoms with Gasteiger partial charge >= 0.3 is 11.8 Å². The van der Waals surface area contributed by atoms with Crippen molar-refractivity contribution >= 4 is 23.7 Å². The standard InChI is InChI=1S/C24H35FN6O4/c1-29(2)23(34)21(32)28-19-7-4-10-31(22(33)16-5-3-6-16)20(19)15-35-18-8-11-30(12-9-18)24-26-13-17(25)14-27-24/h13-14,16,18-20H,3-12,15H2,1-2H3,(H,28,32)/t19-,20-/m0/s1. The van der Waals surface area contributed by atoms with Gasteiger partial charge in [0.25, 0.3) is 0 Å². The minimum atomic E-state index is -0.657. The van der Waals surface area contributed by atoms with Gasteiger partial charge in [-0.25, -0.2) is 14.4 Å². The Hall–Kier alpha value is -2.82. The van der Waals surface area contributed by atoms with Crippen LogP contribution in [0.15, 0.2) is 12.4 Å². The van der Waals surface area contributed by atoms with E-state index in [9.17, 15) is 18.8 Å². The summed E-state index contributed by atoms with van der Waals surface area (Å²) in [7, 11) is 3.08. The fraction of sp³-hybridized carbons (Fsp3) is 0.708. The summed E-state index contributed by atoms with van der Waals surface area (Å²) in [5.41, 5.74) is 0. The van der Waals surface area contributed by atoms with Gasteiger partial charge in [0.1, 0.15) is 0 Å². The maximum Gasteiger partial charge on any atom is 0.311 e. The van der Waals surface area contributed by atoms with E-state index in [4.69, 9.17) is 4.74 Å². The Bertz CT molecular complexity index is 902. The highest BCUT2D eigenvalue weighted by Crippen LogP contribution is 2.31. The Morgan fingerprint density at radius 3 is 2.34 bits per heavy atom. The summed E-state index contributed by atoms with van der Waals surface area (Å²) in [5, 5.41) is 2.87. The molecule has 11 heteroatoms. The molecule has 2 aliphatic heterocycles. The number of likely N-dealkylation sites (tertiary alicyclic amines) is 1. The molecule has 3 aliphatic rings. The topological polar surface area (TPSA) is 108 Å². The van der Waals surface area contributed by atoms with E-state index in [2.05, 4.69) is 15.3 Å². The molecule has 2 atom stereocenters. The smallest absolute Gasteiger partial charge is 0.311 e. The van der Waals surface area contributed by atoms with Gasteiger partial charge in [0.05, 0.1) is 37.2 Å². The number of carbonyl (C=O) groups excluding carboxylic acids is 3. The molecule has 10 nitrogen and oxygen atoms in total. The molecule has 1 N–H and O–H groups in total. The molecule has 2 saturated heterocycles. The van der Waals surface area contributed by atoms with E-state index in [1.54, 1.807) is 14.1 Å². The van der Waals surface area contributed by atoms with E-state index in [1.165, 1.54) is 4.90 Å². The molecule has 0 bridgehead atoms. The van der Waals surface area contributed by atoms with Crippen molar-refractivity contribution in [1.29, 1.82) is 0 Å². The Balaban J connectivity index is 1.37. The second kappa shape index (κ2) is 11.3. The normalized spacial score (nSPS) is 23.5. The maximum atomic E-state index is 13.2. The first-order valence-corrected chi connectivity index (χ1v) is 12.5. The molecule has 0 unspecified atom stereocenters. The Morgan fingerprint density at radius 2 is 1.74 bits per heavy atom. The lowest BCUT2D eigenvalue weighted by molar-refractivity contribution is -0.149. The van der Waals surface area contributed by atoms with Crippen LogP contribution in [-0.4, -0.2) is 96.0 Å². The number of amides is 3. The van der Waals surface area contributed by atoms with Crippen molar-refractivity contribution in [3.05, 3.63) is 18.2 Å². The first-order valence-electron chi connectivity index (χ1n) is 12.5. The van der Waals surface area contributed by atoms with Crippen molar-refractivity contribution in [3.63, 3.8) is 0 Å². The predicted octanol–water partition coefficient (Wildman–Crippen LogP) is 0.965. The average Bonchev–Trinajstić information content (AvgIpc) is 2.82. The van der Waals surface area contributed by atoms with E-state index in [-0.39, 0.29) is 30.0 Å². The number of nitrogens with one attached hydrogen (secondary N) is 1. The lowest BCUT2D eigenvalue weighted by atomic mass is 9.83. The zero-order valence-corrected chi connectivity index (χ0v) is 20.5. The molecule has 35 heavy (non-hydrogen) atoms. The van der Waals surface area contributed by atoms with Crippen LogP contribution in [0.2, 0.25) is 0 Å². The van der Waals surface area contributed by atoms with Crippen LogP contribution in [0.4, 0.5) is 10.3 Å². The largest absolute Gasteiger partial charge is 0.376 e. The minimum absolute atomic E-state index is 0.00552. The Kier molecular flexibility index (Phi) is 8.15. The highest BCUT2D eigenvalue weighted by atomic mass is 19.1. The molecular formula is C24H35FN6O4. The van der Waals surface area contributed by atoms with Crippen LogP contribution < -0.4 is 10.2 Å². The number of nitrogens with zero attached hydrogens (tertiary/aromatic N) is 5. The number of likely N-dealkylation sites (N-methyl/N-ethyl adjacent to an activating group) is 1.